The minimum Gasteiger partial charge on any atom is -0.467 e. The highest BCUT2D eigenvalue weighted by Gasteiger charge is 2.39. The van der Waals surface area contributed by atoms with Gasteiger partial charge < -0.3 is 20.1 Å². The van der Waals surface area contributed by atoms with Crippen molar-refractivity contribution < 1.29 is 23.9 Å². The van der Waals surface area contributed by atoms with E-state index in [-0.39, 0.29) is 12.3 Å². The van der Waals surface area contributed by atoms with Gasteiger partial charge in [0, 0.05) is 6.42 Å². The molecule has 1 aliphatic heterocycles. The summed E-state index contributed by atoms with van der Waals surface area (Å²) in [5.41, 5.74) is -0.659. The summed E-state index contributed by atoms with van der Waals surface area (Å²) in [4.78, 5) is 33.9. The molecule has 2 amide bonds. The average molecular weight is 258 g/mol. The third kappa shape index (κ3) is 3.90. The topological polar surface area (TPSA) is 93.7 Å². The van der Waals surface area contributed by atoms with Crippen molar-refractivity contribution in [2.24, 2.45) is 0 Å². The quantitative estimate of drug-likeness (QED) is 0.546. The van der Waals surface area contributed by atoms with Gasteiger partial charge >= 0.3 is 12.1 Å². The first kappa shape index (κ1) is 14.3. The van der Waals surface area contributed by atoms with Crippen LogP contribution in [0.3, 0.4) is 0 Å². The largest absolute Gasteiger partial charge is 0.467 e. The number of ether oxygens (including phenoxy) is 2. The highest BCUT2D eigenvalue weighted by molar-refractivity contribution is 5.89. The summed E-state index contributed by atoms with van der Waals surface area (Å²) in [6, 6.07) is -1.37. The molecule has 0 aromatic carbocycles. The molecule has 102 valence electrons. The lowest BCUT2D eigenvalue weighted by atomic mass is 9.98. The van der Waals surface area contributed by atoms with Gasteiger partial charge in [0.15, 0.2) is 6.04 Å². The minimum absolute atomic E-state index is 0.167. The van der Waals surface area contributed by atoms with E-state index in [2.05, 4.69) is 15.4 Å². The van der Waals surface area contributed by atoms with E-state index < -0.39 is 29.7 Å². The minimum atomic E-state index is -0.928. The van der Waals surface area contributed by atoms with Crippen molar-refractivity contribution in [1.29, 1.82) is 0 Å². The van der Waals surface area contributed by atoms with Gasteiger partial charge in [-0.25, -0.2) is 9.59 Å². The predicted molar refractivity (Wildman–Crippen MR) is 61.7 cm³/mol. The maximum atomic E-state index is 11.6. The molecule has 0 aromatic rings. The van der Waals surface area contributed by atoms with Crippen LogP contribution in [-0.2, 0) is 19.1 Å². The Bertz CT molecular complexity index is 353. The van der Waals surface area contributed by atoms with Crippen molar-refractivity contribution in [3.05, 3.63) is 0 Å². The van der Waals surface area contributed by atoms with Gasteiger partial charge in [0.25, 0.3) is 0 Å². The van der Waals surface area contributed by atoms with Crippen LogP contribution in [0.15, 0.2) is 0 Å². The fraction of sp³-hybridized carbons (Fsp3) is 0.727. The Labute approximate surface area is 105 Å². The lowest BCUT2D eigenvalue weighted by molar-refractivity contribution is -0.146. The number of rotatable bonds is 3. The van der Waals surface area contributed by atoms with E-state index in [1.807, 2.05) is 0 Å². The second kappa shape index (κ2) is 5.24. The third-order valence-corrected chi connectivity index (χ3v) is 2.28. The van der Waals surface area contributed by atoms with Crippen LogP contribution in [-0.4, -0.2) is 42.8 Å². The number of esters is 1. The summed E-state index contributed by atoms with van der Waals surface area (Å²) in [7, 11) is 1.21. The zero-order chi connectivity index (χ0) is 13.9. The summed E-state index contributed by atoms with van der Waals surface area (Å²) < 4.78 is 9.61. The Morgan fingerprint density at radius 3 is 2.39 bits per heavy atom. The van der Waals surface area contributed by atoms with Crippen molar-refractivity contribution in [3.63, 3.8) is 0 Å². The third-order valence-electron chi connectivity index (χ3n) is 2.28. The van der Waals surface area contributed by atoms with Crippen molar-refractivity contribution in [3.8, 4) is 0 Å². The van der Waals surface area contributed by atoms with E-state index in [0.717, 1.165) is 0 Å². The highest BCUT2D eigenvalue weighted by Crippen LogP contribution is 2.12. The van der Waals surface area contributed by atoms with Gasteiger partial charge in [0.05, 0.1) is 13.2 Å². The Hall–Kier alpha value is -1.79. The van der Waals surface area contributed by atoms with E-state index in [1.54, 1.807) is 20.8 Å². The number of amides is 2. The van der Waals surface area contributed by atoms with Crippen molar-refractivity contribution in [2.45, 2.75) is 44.9 Å². The summed E-state index contributed by atoms with van der Waals surface area (Å²) in [5, 5.41) is 4.91. The normalized spacial score (nSPS) is 20.2. The van der Waals surface area contributed by atoms with Crippen LogP contribution >= 0.6 is 0 Å². The Morgan fingerprint density at radius 1 is 1.44 bits per heavy atom. The Morgan fingerprint density at radius 2 is 2.00 bits per heavy atom. The van der Waals surface area contributed by atoms with Gasteiger partial charge in [-0.3, -0.25) is 4.79 Å². The molecule has 1 aliphatic rings. The first-order chi connectivity index (χ1) is 8.23. The first-order valence-corrected chi connectivity index (χ1v) is 5.59. The second-order valence-electron chi connectivity index (χ2n) is 5.03. The molecule has 1 rings (SSSR count). The number of hydrogen-bond donors (Lipinski definition) is 2. The molecule has 2 unspecified atom stereocenters. The van der Waals surface area contributed by atoms with Crippen molar-refractivity contribution >= 4 is 18.0 Å². The molecule has 0 saturated carbocycles. The molecular formula is C11H18N2O5. The first-order valence-electron chi connectivity index (χ1n) is 5.59. The van der Waals surface area contributed by atoms with E-state index in [0.29, 0.717) is 0 Å². The predicted octanol–water partition coefficient (Wildman–Crippen LogP) is -0.0588. The standard InChI is InChI=1S/C11H18N2O5/c1-11(2,3)18-10(16)13-8(9(15)17-4)6-5-7(14)12-6/h6,8H,5H2,1-4H3,(H,12,14)(H,13,16). The number of alkyl carbamates (subject to hydrolysis) is 1. The molecule has 0 aromatic heterocycles. The van der Waals surface area contributed by atoms with Crippen LogP contribution in [0.4, 0.5) is 4.79 Å². The molecule has 0 aliphatic carbocycles. The molecule has 18 heavy (non-hydrogen) atoms. The fourth-order valence-electron chi connectivity index (χ4n) is 1.47. The monoisotopic (exact) mass is 258 g/mol. The average Bonchev–Trinajstić information content (AvgIpc) is 2.18. The molecule has 7 nitrogen and oxygen atoms in total. The van der Waals surface area contributed by atoms with E-state index in [4.69, 9.17) is 4.74 Å². The van der Waals surface area contributed by atoms with Crippen LogP contribution in [0, 0.1) is 0 Å². The molecular weight excluding hydrogens is 240 g/mol. The molecule has 1 saturated heterocycles. The maximum Gasteiger partial charge on any atom is 0.408 e. The summed E-state index contributed by atoms with van der Waals surface area (Å²) >= 11 is 0. The number of methoxy groups -OCH3 is 1. The summed E-state index contributed by atoms with van der Waals surface area (Å²) in [6.45, 7) is 5.14. The molecule has 0 spiro atoms. The molecule has 0 radical (unpaired) electrons. The highest BCUT2D eigenvalue weighted by atomic mass is 16.6. The van der Waals surface area contributed by atoms with E-state index in [1.165, 1.54) is 7.11 Å². The van der Waals surface area contributed by atoms with Crippen LogP contribution in [0.1, 0.15) is 27.2 Å². The van der Waals surface area contributed by atoms with Gasteiger partial charge in [-0.15, -0.1) is 0 Å². The smallest absolute Gasteiger partial charge is 0.408 e. The molecule has 7 heteroatoms. The SMILES string of the molecule is COC(=O)C(NC(=O)OC(C)(C)C)C1CC(=O)N1. The van der Waals surface area contributed by atoms with Crippen LogP contribution in [0.25, 0.3) is 0 Å². The molecule has 2 atom stereocenters. The van der Waals surface area contributed by atoms with Crippen LogP contribution in [0.2, 0.25) is 0 Å². The Kier molecular flexibility index (Phi) is 4.15. The summed E-state index contributed by atoms with van der Waals surface area (Å²) in [6.07, 6.45) is -0.547. The molecule has 2 N–H and O–H groups in total. The van der Waals surface area contributed by atoms with E-state index in [9.17, 15) is 14.4 Å². The van der Waals surface area contributed by atoms with Gasteiger partial charge in [-0.05, 0) is 20.8 Å². The number of hydrogen-bond acceptors (Lipinski definition) is 5. The summed E-state index contributed by atoms with van der Waals surface area (Å²) in [5.74, 6) is -0.786. The Balaban J connectivity index is 2.59. The molecule has 0 bridgehead atoms. The van der Waals surface area contributed by atoms with Crippen molar-refractivity contribution in [1.82, 2.24) is 10.6 Å². The zero-order valence-electron chi connectivity index (χ0n) is 10.9. The number of nitrogens with one attached hydrogen (secondary N) is 2. The lowest BCUT2D eigenvalue weighted by Gasteiger charge is -2.33. The number of β-lactam (4-membered cyclic amide) rings is 1. The van der Waals surface area contributed by atoms with Gasteiger partial charge in [-0.1, -0.05) is 0 Å². The van der Waals surface area contributed by atoms with Gasteiger partial charge in [0.1, 0.15) is 5.60 Å². The van der Waals surface area contributed by atoms with Crippen molar-refractivity contribution in [2.75, 3.05) is 7.11 Å². The lowest BCUT2D eigenvalue weighted by Crippen LogP contribution is -2.63. The van der Waals surface area contributed by atoms with Gasteiger partial charge in [-0.2, -0.15) is 0 Å². The van der Waals surface area contributed by atoms with Crippen LogP contribution in [0.5, 0.6) is 0 Å². The fourth-order valence-corrected chi connectivity index (χ4v) is 1.47. The maximum absolute atomic E-state index is 11.6. The van der Waals surface area contributed by atoms with E-state index >= 15 is 0 Å². The zero-order valence-corrected chi connectivity index (χ0v) is 10.9. The molecule has 1 heterocycles. The van der Waals surface area contributed by atoms with Gasteiger partial charge in [0.2, 0.25) is 5.91 Å². The number of carbonyl (C=O) groups is 3. The molecule has 1 fully saturated rings. The second-order valence-corrected chi connectivity index (χ2v) is 5.03. The number of carbonyl (C=O) groups excluding carboxylic acids is 3. The van der Waals surface area contributed by atoms with Crippen LogP contribution < -0.4 is 10.6 Å².